The maximum Gasteiger partial charge on any atom is 0.309 e. The van der Waals surface area contributed by atoms with E-state index in [1.807, 2.05) is 18.2 Å². The summed E-state index contributed by atoms with van der Waals surface area (Å²) in [6.45, 7) is 10.1. The van der Waals surface area contributed by atoms with Crippen molar-refractivity contribution in [3.8, 4) is 11.5 Å². The van der Waals surface area contributed by atoms with Crippen LogP contribution < -0.4 is 9.47 Å². The van der Waals surface area contributed by atoms with Gasteiger partial charge in [0, 0.05) is 5.56 Å². The van der Waals surface area contributed by atoms with E-state index in [1.54, 1.807) is 21.0 Å². The highest BCUT2D eigenvalue weighted by Gasteiger charge is 2.27. The van der Waals surface area contributed by atoms with E-state index in [0.717, 1.165) is 17.1 Å². The molecular weight excluding hydrogens is 268 g/mol. The Balaban J connectivity index is 2.87. The van der Waals surface area contributed by atoms with Gasteiger partial charge >= 0.3 is 5.97 Å². The van der Waals surface area contributed by atoms with Crippen molar-refractivity contribution in [2.75, 3.05) is 13.7 Å². The highest BCUT2D eigenvalue weighted by Crippen LogP contribution is 2.34. The number of ether oxygens (including phenoxy) is 2. The van der Waals surface area contributed by atoms with Gasteiger partial charge in [-0.3, -0.25) is 4.79 Å². The van der Waals surface area contributed by atoms with Crippen molar-refractivity contribution in [1.29, 1.82) is 0 Å². The SMILES string of the molecule is COc1ccc(OCCC(C)(C)C(=O)O)c(C(C)(C)C)c1. The van der Waals surface area contributed by atoms with Crippen molar-refractivity contribution >= 4 is 5.97 Å². The van der Waals surface area contributed by atoms with Crippen LogP contribution in [0.4, 0.5) is 0 Å². The van der Waals surface area contributed by atoms with E-state index < -0.39 is 11.4 Å². The van der Waals surface area contributed by atoms with Crippen LogP contribution in [-0.2, 0) is 10.2 Å². The van der Waals surface area contributed by atoms with Gasteiger partial charge in [0.1, 0.15) is 11.5 Å². The van der Waals surface area contributed by atoms with Crippen molar-refractivity contribution in [1.82, 2.24) is 0 Å². The van der Waals surface area contributed by atoms with Gasteiger partial charge in [-0.1, -0.05) is 20.8 Å². The van der Waals surface area contributed by atoms with Crippen LogP contribution in [0.3, 0.4) is 0 Å². The Morgan fingerprint density at radius 2 is 1.81 bits per heavy atom. The van der Waals surface area contributed by atoms with E-state index >= 15 is 0 Å². The highest BCUT2D eigenvalue weighted by atomic mass is 16.5. The van der Waals surface area contributed by atoms with Gasteiger partial charge in [-0.25, -0.2) is 0 Å². The first kappa shape index (κ1) is 17.3. The Kier molecular flexibility index (Phi) is 5.26. The lowest BCUT2D eigenvalue weighted by atomic mass is 9.86. The molecule has 0 fully saturated rings. The predicted molar refractivity (Wildman–Crippen MR) is 83.2 cm³/mol. The molecule has 0 unspecified atom stereocenters. The molecule has 0 bridgehead atoms. The maximum atomic E-state index is 11.1. The lowest BCUT2D eigenvalue weighted by molar-refractivity contribution is -0.147. The molecule has 0 amide bonds. The number of hydrogen-bond acceptors (Lipinski definition) is 3. The zero-order valence-corrected chi connectivity index (χ0v) is 13.8. The average molecular weight is 294 g/mol. The van der Waals surface area contributed by atoms with Gasteiger partial charge in [0.15, 0.2) is 0 Å². The molecule has 1 N–H and O–H groups in total. The third-order valence-electron chi connectivity index (χ3n) is 3.56. The molecular formula is C17H26O4. The van der Waals surface area contributed by atoms with E-state index in [4.69, 9.17) is 14.6 Å². The summed E-state index contributed by atoms with van der Waals surface area (Å²) in [5, 5.41) is 9.12. The minimum atomic E-state index is -0.808. The number of carboxylic acids is 1. The van der Waals surface area contributed by atoms with Gasteiger partial charge in [0.05, 0.1) is 19.1 Å². The molecule has 0 aromatic heterocycles. The smallest absolute Gasteiger partial charge is 0.309 e. The molecule has 0 heterocycles. The van der Waals surface area contributed by atoms with Crippen molar-refractivity contribution in [2.24, 2.45) is 5.41 Å². The van der Waals surface area contributed by atoms with Crippen LogP contribution >= 0.6 is 0 Å². The molecule has 0 atom stereocenters. The normalized spacial score (nSPS) is 12.1. The second-order valence-electron chi connectivity index (χ2n) is 6.90. The molecule has 4 heteroatoms. The molecule has 0 aliphatic rings. The van der Waals surface area contributed by atoms with Crippen LogP contribution in [0.15, 0.2) is 18.2 Å². The van der Waals surface area contributed by atoms with Crippen molar-refractivity contribution in [3.05, 3.63) is 23.8 Å². The largest absolute Gasteiger partial charge is 0.497 e. The second-order valence-corrected chi connectivity index (χ2v) is 6.90. The summed E-state index contributed by atoms with van der Waals surface area (Å²) in [5.74, 6) is 0.763. The van der Waals surface area contributed by atoms with Gasteiger partial charge in [0.25, 0.3) is 0 Å². The fourth-order valence-corrected chi connectivity index (χ4v) is 1.87. The monoisotopic (exact) mass is 294 g/mol. The van der Waals surface area contributed by atoms with Crippen LogP contribution in [0.2, 0.25) is 0 Å². The van der Waals surface area contributed by atoms with Crippen LogP contribution in [0.1, 0.15) is 46.6 Å². The van der Waals surface area contributed by atoms with Crippen LogP contribution in [0.5, 0.6) is 11.5 Å². The first-order chi connectivity index (χ1) is 9.58. The lowest BCUT2D eigenvalue weighted by Gasteiger charge is -2.25. The minimum Gasteiger partial charge on any atom is -0.497 e. The Morgan fingerprint density at radius 1 is 1.19 bits per heavy atom. The Bertz CT molecular complexity index is 498. The van der Waals surface area contributed by atoms with E-state index in [0.29, 0.717) is 13.0 Å². The van der Waals surface area contributed by atoms with Crippen LogP contribution in [0, 0.1) is 5.41 Å². The molecule has 1 rings (SSSR count). The van der Waals surface area contributed by atoms with Crippen molar-refractivity contribution < 1.29 is 19.4 Å². The molecule has 0 saturated carbocycles. The maximum absolute atomic E-state index is 11.1. The van der Waals surface area contributed by atoms with Gasteiger partial charge in [-0.2, -0.15) is 0 Å². The number of benzene rings is 1. The summed E-state index contributed by atoms with van der Waals surface area (Å²) in [6, 6.07) is 5.71. The van der Waals surface area contributed by atoms with Gasteiger partial charge in [-0.05, 0) is 43.9 Å². The van der Waals surface area contributed by atoms with Gasteiger partial charge < -0.3 is 14.6 Å². The third kappa shape index (κ3) is 4.66. The van der Waals surface area contributed by atoms with E-state index in [9.17, 15) is 4.79 Å². The number of hydrogen-bond donors (Lipinski definition) is 1. The number of aliphatic carboxylic acids is 1. The predicted octanol–water partition coefficient (Wildman–Crippen LogP) is 3.87. The quantitative estimate of drug-likeness (QED) is 0.865. The Morgan fingerprint density at radius 3 is 2.29 bits per heavy atom. The molecule has 118 valence electrons. The number of carboxylic acid groups (broad SMARTS) is 1. The number of carbonyl (C=O) groups is 1. The van der Waals surface area contributed by atoms with Crippen molar-refractivity contribution in [2.45, 2.75) is 46.5 Å². The molecule has 0 saturated heterocycles. The minimum absolute atomic E-state index is 0.0772. The third-order valence-corrected chi connectivity index (χ3v) is 3.56. The molecule has 4 nitrogen and oxygen atoms in total. The summed E-state index contributed by atoms with van der Waals surface area (Å²) in [4.78, 5) is 11.1. The van der Waals surface area contributed by atoms with E-state index in [-0.39, 0.29) is 5.41 Å². The van der Waals surface area contributed by atoms with Crippen molar-refractivity contribution in [3.63, 3.8) is 0 Å². The van der Waals surface area contributed by atoms with Gasteiger partial charge in [-0.15, -0.1) is 0 Å². The topological polar surface area (TPSA) is 55.8 Å². The highest BCUT2D eigenvalue weighted by molar-refractivity contribution is 5.73. The fraction of sp³-hybridized carbons (Fsp3) is 0.588. The summed E-state index contributed by atoms with van der Waals surface area (Å²) in [7, 11) is 1.64. The standard InChI is InChI=1S/C17H26O4/c1-16(2,3)13-11-12(20-6)7-8-14(13)21-10-9-17(4,5)15(18)19/h7-8,11H,9-10H2,1-6H3,(H,18,19). The number of rotatable bonds is 6. The Hall–Kier alpha value is -1.71. The molecule has 0 aliphatic heterocycles. The summed E-state index contributed by atoms with van der Waals surface area (Å²) < 4.78 is 11.1. The second kappa shape index (κ2) is 6.37. The molecule has 1 aromatic rings. The molecule has 0 spiro atoms. The first-order valence-corrected chi connectivity index (χ1v) is 7.12. The molecule has 0 radical (unpaired) electrons. The lowest BCUT2D eigenvalue weighted by Crippen LogP contribution is -2.26. The zero-order valence-electron chi connectivity index (χ0n) is 13.8. The average Bonchev–Trinajstić information content (AvgIpc) is 2.37. The fourth-order valence-electron chi connectivity index (χ4n) is 1.87. The Labute approximate surface area is 127 Å². The summed E-state index contributed by atoms with van der Waals surface area (Å²) in [5.41, 5.74) is 0.190. The first-order valence-electron chi connectivity index (χ1n) is 7.12. The zero-order chi connectivity index (χ0) is 16.3. The van der Waals surface area contributed by atoms with E-state index in [1.165, 1.54) is 0 Å². The molecule has 21 heavy (non-hydrogen) atoms. The summed E-state index contributed by atoms with van der Waals surface area (Å²) >= 11 is 0. The van der Waals surface area contributed by atoms with Gasteiger partial charge in [0.2, 0.25) is 0 Å². The number of methoxy groups -OCH3 is 1. The van der Waals surface area contributed by atoms with Crippen LogP contribution in [0.25, 0.3) is 0 Å². The molecule has 1 aromatic carbocycles. The van der Waals surface area contributed by atoms with E-state index in [2.05, 4.69) is 20.8 Å². The molecule has 0 aliphatic carbocycles. The van der Waals surface area contributed by atoms with Crippen LogP contribution in [-0.4, -0.2) is 24.8 Å². The summed E-state index contributed by atoms with van der Waals surface area (Å²) in [6.07, 6.45) is 0.456.